The van der Waals surface area contributed by atoms with Crippen LogP contribution in [0.1, 0.15) is 24.2 Å². The van der Waals surface area contributed by atoms with E-state index in [0.717, 1.165) is 5.69 Å². The second-order valence-electron chi connectivity index (χ2n) is 4.90. The Hall–Kier alpha value is -1.71. The minimum Gasteiger partial charge on any atom is -0.382 e. The van der Waals surface area contributed by atoms with Crippen molar-refractivity contribution in [3.8, 4) is 0 Å². The number of nitrogens with one attached hydrogen (secondary N) is 2. The van der Waals surface area contributed by atoms with Crippen molar-refractivity contribution in [1.29, 1.82) is 0 Å². The van der Waals surface area contributed by atoms with Gasteiger partial charge in [0, 0.05) is 11.7 Å². The van der Waals surface area contributed by atoms with Crippen LogP contribution in [-0.4, -0.2) is 11.9 Å². The number of benzene rings is 2. The van der Waals surface area contributed by atoms with Gasteiger partial charge < -0.3 is 10.6 Å². The van der Waals surface area contributed by atoms with E-state index < -0.39 is 0 Å². The molecule has 110 valence electrons. The van der Waals surface area contributed by atoms with Gasteiger partial charge in [-0.15, -0.1) is 0 Å². The first kappa shape index (κ1) is 15.7. The fourth-order valence-electron chi connectivity index (χ4n) is 1.92. The maximum absolute atomic E-state index is 12.5. The molecule has 0 atom stereocenters. The van der Waals surface area contributed by atoms with Crippen molar-refractivity contribution in [3.63, 3.8) is 0 Å². The summed E-state index contributed by atoms with van der Waals surface area (Å²) in [4.78, 5) is 12.5. The van der Waals surface area contributed by atoms with Gasteiger partial charge in [-0.05, 0) is 38.1 Å². The van der Waals surface area contributed by atoms with E-state index in [1.807, 2.05) is 32.0 Å². The predicted octanol–water partition coefficient (Wildman–Crippen LogP) is 5.07. The van der Waals surface area contributed by atoms with Crippen LogP contribution >= 0.6 is 23.2 Å². The molecule has 0 bridgehead atoms. The summed E-state index contributed by atoms with van der Waals surface area (Å²) in [5.41, 5.74) is 1.74. The van der Waals surface area contributed by atoms with Crippen LogP contribution in [0.25, 0.3) is 0 Å². The molecule has 5 heteroatoms. The summed E-state index contributed by atoms with van der Waals surface area (Å²) in [6.45, 7) is 4.03. The highest BCUT2D eigenvalue weighted by atomic mass is 35.5. The SMILES string of the molecule is CC(C)Nc1ccccc1C(=O)Nc1c(Cl)cccc1Cl. The molecule has 0 radical (unpaired) electrons. The fraction of sp³-hybridized carbons (Fsp3) is 0.188. The van der Waals surface area contributed by atoms with Crippen LogP contribution in [-0.2, 0) is 0 Å². The molecule has 21 heavy (non-hydrogen) atoms. The van der Waals surface area contributed by atoms with Gasteiger partial charge in [0.05, 0.1) is 21.3 Å². The van der Waals surface area contributed by atoms with Crippen molar-refractivity contribution in [2.75, 3.05) is 10.6 Å². The number of carbonyl (C=O) groups excluding carboxylic acids is 1. The van der Waals surface area contributed by atoms with E-state index in [4.69, 9.17) is 23.2 Å². The van der Waals surface area contributed by atoms with Gasteiger partial charge in [-0.25, -0.2) is 0 Å². The van der Waals surface area contributed by atoms with Crippen molar-refractivity contribution in [2.45, 2.75) is 19.9 Å². The highest BCUT2D eigenvalue weighted by molar-refractivity contribution is 6.40. The summed E-state index contributed by atoms with van der Waals surface area (Å²) >= 11 is 12.1. The standard InChI is InChI=1S/C16H16Cl2N2O/c1-10(2)19-14-9-4-3-6-11(14)16(21)20-15-12(17)7-5-8-13(15)18/h3-10,19H,1-2H3,(H,20,21). The molecule has 0 saturated heterocycles. The van der Waals surface area contributed by atoms with Gasteiger partial charge in [-0.2, -0.15) is 0 Å². The molecule has 0 aliphatic heterocycles. The van der Waals surface area contributed by atoms with Gasteiger partial charge in [0.2, 0.25) is 0 Å². The zero-order valence-electron chi connectivity index (χ0n) is 11.8. The molecule has 0 aliphatic carbocycles. The first-order chi connectivity index (χ1) is 9.99. The summed E-state index contributed by atoms with van der Waals surface area (Å²) in [5, 5.41) is 6.82. The summed E-state index contributed by atoms with van der Waals surface area (Å²) in [7, 11) is 0. The van der Waals surface area contributed by atoms with Crippen LogP contribution in [0.2, 0.25) is 10.0 Å². The molecule has 0 spiro atoms. The molecule has 0 fully saturated rings. The molecule has 1 amide bonds. The zero-order chi connectivity index (χ0) is 15.4. The summed E-state index contributed by atoms with van der Waals surface area (Å²) in [6, 6.07) is 12.6. The van der Waals surface area contributed by atoms with E-state index in [1.54, 1.807) is 24.3 Å². The molecular weight excluding hydrogens is 307 g/mol. The Kier molecular flexibility index (Phi) is 5.10. The topological polar surface area (TPSA) is 41.1 Å². The number of hydrogen-bond acceptors (Lipinski definition) is 2. The number of carbonyl (C=O) groups is 1. The van der Waals surface area contributed by atoms with Crippen molar-refractivity contribution in [3.05, 3.63) is 58.1 Å². The quantitative estimate of drug-likeness (QED) is 0.825. The van der Waals surface area contributed by atoms with Gasteiger partial charge in [-0.1, -0.05) is 41.4 Å². The number of hydrogen-bond donors (Lipinski definition) is 2. The van der Waals surface area contributed by atoms with Crippen LogP contribution in [0, 0.1) is 0 Å². The van der Waals surface area contributed by atoms with Crippen LogP contribution in [0.3, 0.4) is 0 Å². The normalized spacial score (nSPS) is 10.5. The first-order valence-electron chi connectivity index (χ1n) is 6.60. The van der Waals surface area contributed by atoms with E-state index in [-0.39, 0.29) is 11.9 Å². The molecular formula is C16H16Cl2N2O. The van der Waals surface area contributed by atoms with E-state index in [0.29, 0.717) is 21.3 Å². The molecule has 0 saturated carbocycles. The average Bonchev–Trinajstić information content (AvgIpc) is 2.43. The molecule has 0 aromatic heterocycles. The van der Waals surface area contributed by atoms with E-state index in [1.165, 1.54) is 0 Å². The lowest BCUT2D eigenvalue weighted by atomic mass is 10.1. The molecule has 2 aromatic rings. The number of halogens is 2. The Balaban J connectivity index is 2.29. The van der Waals surface area contributed by atoms with E-state index in [9.17, 15) is 4.79 Å². The Bertz CT molecular complexity index is 636. The molecule has 0 heterocycles. The second-order valence-corrected chi connectivity index (χ2v) is 5.71. The van der Waals surface area contributed by atoms with Gasteiger partial charge in [0.25, 0.3) is 5.91 Å². The highest BCUT2D eigenvalue weighted by Gasteiger charge is 2.14. The lowest BCUT2D eigenvalue weighted by Crippen LogP contribution is -2.18. The molecule has 2 N–H and O–H groups in total. The first-order valence-corrected chi connectivity index (χ1v) is 7.35. The number of rotatable bonds is 4. The van der Waals surface area contributed by atoms with Crippen molar-refractivity contribution >= 4 is 40.5 Å². The molecule has 2 rings (SSSR count). The van der Waals surface area contributed by atoms with Gasteiger partial charge in [-0.3, -0.25) is 4.79 Å². The Morgan fingerprint density at radius 3 is 2.24 bits per heavy atom. The average molecular weight is 323 g/mol. The van der Waals surface area contributed by atoms with E-state index >= 15 is 0 Å². The van der Waals surface area contributed by atoms with Crippen LogP contribution in [0.5, 0.6) is 0 Å². The molecule has 0 unspecified atom stereocenters. The smallest absolute Gasteiger partial charge is 0.257 e. The van der Waals surface area contributed by atoms with Crippen molar-refractivity contribution < 1.29 is 4.79 Å². The maximum atomic E-state index is 12.5. The Morgan fingerprint density at radius 2 is 1.62 bits per heavy atom. The monoisotopic (exact) mass is 322 g/mol. The predicted molar refractivity (Wildman–Crippen MR) is 89.6 cm³/mol. The minimum atomic E-state index is -0.256. The molecule has 2 aromatic carbocycles. The van der Waals surface area contributed by atoms with Crippen molar-refractivity contribution in [1.82, 2.24) is 0 Å². The number of amides is 1. The van der Waals surface area contributed by atoms with Crippen LogP contribution in [0.4, 0.5) is 11.4 Å². The van der Waals surface area contributed by atoms with Crippen molar-refractivity contribution in [2.24, 2.45) is 0 Å². The zero-order valence-corrected chi connectivity index (χ0v) is 13.3. The largest absolute Gasteiger partial charge is 0.382 e. The van der Waals surface area contributed by atoms with Gasteiger partial charge >= 0.3 is 0 Å². The maximum Gasteiger partial charge on any atom is 0.257 e. The second kappa shape index (κ2) is 6.83. The lowest BCUT2D eigenvalue weighted by molar-refractivity contribution is 0.102. The third kappa shape index (κ3) is 3.90. The number of anilines is 2. The number of para-hydroxylation sites is 2. The minimum absolute atomic E-state index is 0.225. The van der Waals surface area contributed by atoms with Gasteiger partial charge in [0.1, 0.15) is 0 Å². The highest BCUT2D eigenvalue weighted by Crippen LogP contribution is 2.30. The Labute approximate surface area is 134 Å². The Morgan fingerprint density at radius 1 is 1.00 bits per heavy atom. The molecule has 3 nitrogen and oxygen atoms in total. The third-order valence-corrected chi connectivity index (χ3v) is 3.45. The lowest BCUT2D eigenvalue weighted by Gasteiger charge is -2.15. The van der Waals surface area contributed by atoms with Gasteiger partial charge in [0.15, 0.2) is 0 Å². The van der Waals surface area contributed by atoms with Crippen LogP contribution < -0.4 is 10.6 Å². The fourth-order valence-corrected chi connectivity index (χ4v) is 2.41. The van der Waals surface area contributed by atoms with E-state index in [2.05, 4.69) is 10.6 Å². The third-order valence-electron chi connectivity index (χ3n) is 2.82. The van der Waals surface area contributed by atoms with Crippen LogP contribution in [0.15, 0.2) is 42.5 Å². The summed E-state index contributed by atoms with van der Waals surface area (Å²) in [6.07, 6.45) is 0. The molecule has 0 aliphatic rings. The summed E-state index contributed by atoms with van der Waals surface area (Å²) < 4.78 is 0. The summed E-state index contributed by atoms with van der Waals surface area (Å²) in [5.74, 6) is -0.256.